The zero-order chi connectivity index (χ0) is 13.2. The van der Waals surface area contributed by atoms with Gasteiger partial charge in [0.1, 0.15) is 11.5 Å². The van der Waals surface area contributed by atoms with E-state index in [0.29, 0.717) is 30.1 Å². The molecule has 0 saturated heterocycles. The number of halogens is 2. The van der Waals surface area contributed by atoms with Gasteiger partial charge in [0, 0.05) is 6.04 Å². The predicted octanol–water partition coefficient (Wildman–Crippen LogP) is 4.01. The first-order valence-electron chi connectivity index (χ1n) is 6.91. The summed E-state index contributed by atoms with van der Waals surface area (Å²) in [6.07, 6.45) is 5.43. The van der Waals surface area contributed by atoms with Crippen LogP contribution in [0, 0.1) is 11.8 Å². The molecular formula is C14H19F2NOS. The van der Waals surface area contributed by atoms with Crippen molar-refractivity contribution < 1.29 is 13.2 Å². The van der Waals surface area contributed by atoms with E-state index in [-0.39, 0.29) is 5.75 Å². The number of thioether (sulfide) groups is 1. The summed E-state index contributed by atoms with van der Waals surface area (Å²) < 4.78 is 29.7. The molecule has 2 fully saturated rings. The fraction of sp³-hybridized carbons (Fsp3) is 0.714. The van der Waals surface area contributed by atoms with Crippen molar-refractivity contribution in [3.63, 3.8) is 0 Å². The van der Waals surface area contributed by atoms with Gasteiger partial charge in [-0.2, -0.15) is 8.78 Å². The second-order valence-electron chi connectivity index (χ2n) is 5.60. The van der Waals surface area contributed by atoms with Crippen molar-refractivity contribution in [2.24, 2.45) is 11.8 Å². The molecule has 2 aliphatic rings. The van der Waals surface area contributed by atoms with Crippen molar-refractivity contribution in [2.45, 2.75) is 49.8 Å². The Labute approximate surface area is 116 Å². The molecule has 2 saturated carbocycles. The molecule has 3 rings (SSSR count). The monoisotopic (exact) mass is 287 g/mol. The van der Waals surface area contributed by atoms with Crippen molar-refractivity contribution >= 4 is 11.8 Å². The topological polar surface area (TPSA) is 25.2 Å². The van der Waals surface area contributed by atoms with Gasteiger partial charge in [-0.1, -0.05) is 18.2 Å². The summed E-state index contributed by atoms with van der Waals surface area (Å²) in [5.74, 6) is 1.17. The highest BCUT2D eigenvalue weighted by atomic mass is 32.2. The number of fused-ring (bicyclic) bond motifs is 2. The molecule has 2 nitrogen and oxygen atoms in total. The molecule has 1 N–H and O–H groups in total. The second kappa shape index (κ2) is 5.83. The van der Waals surface area contributed by atoms with Crippen molar-refractivity contribution in [1.29, 1.82) is 0 Å². The minimum absolute atomic E-state index is 0.242. The summed E-state index contributed by atoms with van der Waals surface area (Å²) in [6.45, 7) is 0.716. The van der Waals surface area contributed by atoms with Gasteiger partial charge in [0.2, 0.25) is 0 Å². The molecule has 3 unspecified atom stereocenters. The van der Waals surface area contributed by atoms with E-state index in [4.69, 9.17) is 4.42 Å². The molecule has 0 radical (unpaired) electrons. The normalized spacial score (nSPS) is 29.5. The van der Waals surface area contributed by atoms with Gasteiger partial charge in [-0.15, -0.1) is 0 Å². The third-order valence-electron chi connectivity index (χ3n) is 4.35. The number of hydrogen-bond acceptors (Lipinski definition) is 3. The number of alkyl halides is 2. The van der Waals surface area contributed by atoms with Crippen LogP contribution in [0.4, 0.5) is 8.78 Å². The average Bonchev–Trinajstić information content (AvgIpc) is 3.10. The van der Waals surface area contributed by atoms with Crippen molar-refractivity contribution in [3.05, 3.63) is 23.7 Å². The number of furan rings is 1. The largest absolute Gasteiger partial charge is 0.464 e. The second-order valence-corrected chi connectivity index (χ2v) is 6.58. The standard InChI is InChI=1S/C14H19F2NOS/c15-14(16)19-8-12-4-3-11(18-12)7-17-13-6-9-1-2-10(13)5-9/h3-4,9-10,13-14,17H,1-2,5-8H2. The summed E-state index contributed by atoms with van der Waals surface area (Å²) in [6, 6.07) is 4.32. The highest BCUT2D eigenvalue weighted by molar-refractivity contribution is 7.98. The Bertz CT molecular complexity index is 423. The molecule has 106 valence electrons. The molecular weight excluding hydrogens is 268 g/mol. The number of rotatable bonds is 6. The molecule has 1 aromatic heterocycles. The summed E-state index contributed by atoms with van der Waals surface area (Å²) >= 11 is 0.603. The van der Waals surface area contributed by atoms with Gasteiger partial charge >= 0.3 is 0 Å². The fourth-order valence-electron chi connectivity index (χ4n) is 3.47. The van der Waals surface area contributed by atoms with Gasteiger partial charge in [0.15, 0.2) is 0 Å². The van der Waals surface area contributed by atoms with Gasteiger partial charge in [0.25, 0.3) is 5.76 Å². The third kappa shape index (κ3) is 3.31. The van der Waals surface area contributed by atoms with Crippen LogP contribution in [0.2, 0.25) is 0 Å². The van der Waals surface area contributed by atoms with E-state index in [9.17, 15) is 8.78 Å². The lowest BCUT2D eigenvalue weighted by Gasteiger charge is -2.22. The van der Waals surface area contributed by atoms with Gasteiger partial charge in [-0.25, -0.2) is 0 Å². The van der Waals surface area contributed by atoms with Crippen LogP contribution in [-0.2, 0) is 12.3 Å². The predicted molar refractivity (Wildman–Crippen MR) is 72.1 cm³/mol. The molecule has 0 spiro atoms. The Morgan fingerprint density at radius 2 is 2.11 bits per heavy atom. The van der Waals surface area contributed by atoms with Crippen LogP contribution in [0.25, 0.3) is 0 Å². The first kappa shape index (κ1) is 13.4. The quantitative estimate of drug-likeness (QED) is 0.855. The third-order valence-corrected chi connectivity index (χ3v) is 5.05. The van der Waals surface area contributed by atoms with E-state index in [1.165, 1.54) is 25.7 Å². The number of hydrogen-bond donors (Lipinski definition) is 1. The van der Waals surface area contributed by atoms with E-state index in [0.717, 1.165) is 17.6 Å². The lowest BCUT2D eigenvalue weighted by Crippen LogP contribution is -2.33. The zero-order valence-electron chi connectivity index (χ0n) is 10.8. The lowest BCUT2D eigenvalue weighted by atomic mass is 9.95. The molecule has 5 heteroatoms. The SMILES string of the molecule is FC(F)SCc1ccc(CNC2CC3CCC2C3)o1. The van der Waals surface area contributed by atoms with Crippen LogP contribution in [-0.4, -0.2) is 11.8 Å². The van der Waals surface area contributed by atoms with Gasteiger partial charge in [0.05, 0.1) is 12.3 Å². The minimum Gasteiger partial charge on any atom is -0.464 e. The lowest BCUT2D eigenvalue weighted by molar-refractivity contribution is 0.251. The van der Waals surface area contributed by atoms with Gasteiger partial charge in [-0.3, -0.25) is 0 Å². The maximum Gasteiger partial charge on any atom is 0.284 e. The van der Waals surface area contributed by atoms with Crippen LogP contribution in [0.1, 0.15) is 37.2 Å². The summed E-state index contributed by atoms with van der Waals surface area (Å²) in [5, 5.41) is 3.56. The van der Waals surface area contributed by atoms with Crippen LogP contribution < -0.4 is 5.32 Å². The summed E-state index contributed by atoms with van der Waals surface area (Å²) in [4.78, 5) is 0. The zero-order valence-corrected chi connectivity index (χ0v) is 11.6. The van der Waals surface area contributed by atoms with Crippen molar-refractivity contribution in [1.82, 2.24) is 5.32 Å². The molecule has 0 aliphatic heterocycles. The molecule has 19 heavy (non-hydrogen) atoms. The Morgan fingerprint density at radius 1 is 1.26 bits per heavy atom. The van der Waals surface area contributed by atoms with Crippen LogP contribution in [0.15, 0.2) is 16.5 Å². The fourth-order valence-corrected chi connectivity index (χ4v) is 3.91. The van der Waals surface area contributed by atoms with Crippen LogP contribution >= 0.6 is 11.8 Å². The van der Waals surface area contributed by atoms with E-state index in [2.05, 4.69) is 5.32 Å². The van der Waals surface area contributed by atoms with Gasteiger partial charge in [-0.05, 0) is 43.2 Å². The van der Waals surface area contributed by atoms with Crippen LogP contribution in [0.3, 0.4) is 0 Å². The maximum absolute atomic E-state index is 12.1. The Morgan fingerprint density at radius 3 is 2.79 bits per heavy atom. The van der Waals surface area contributed by atoms with Crippen molar-refractivity contribution in [3.8, 4) is 0 Å². The molecule has 2 bridgehead atoms. The molecule has 1 aromatic rings. The molecule has 2 aliphatic carbocycles. The van der Waals surface area contributed by atoms with E-state index < -0.39 is 5.76 Å². The maximum atomic E-state index is 12.1. The molecule has 0 aromatic carbocycles. The first-order chi connectivity index (χ1) is 9.20. The Kier molecular flexibility index (Phi) is 4.12. The van der Waals surface area contributed by atoms with E-state index in [1.54, 1.807) is 6.07 Å². The van der Waals surface area contributed by atoms with Gasteiger partial charge < -0.3 is 9.73 Å². The number of nitrogens with one attached hydrogen (secondary N) is 1. The first-order valence-corrected chi connectivity index (χ1v) is 7.96. The van der Waals surface area contributed by atoms with Crippen LogP contribution in [0.5, 0.6) is 0 Å². The Hall–Kier alpha value is -0.550. The average molecular weight is 287 g/mol. The Balaban J connectivity index is 1.45. The van der Waals surface area contributed by atoms with E-state index >= 15 is 0 Å². The summed E-state index contributed by atoms with van der Waals surface area (Å²) in [5.41, 5.74) is 0. The molecule has 0 amide bonds. The highest BCUT2D eigenvalue weighted by Gasteiger charge is 2.39. The smallest absolute Gasteiger partial charge is 0.284 e. The molecule has 3 atom stereocenters. The highest BCUT2D eigenvalue weighted by Crippen LogP contribution is 2.44. The minimum atomic E-state index is -2.33. The van der Waals surface area contributed by atoms with E-state index in [1.807, 2.05) is 6.07 Å². The van der Waals surface area contributed by atoms with Crippen molar-refractivity contribution in [2.75, 3.05) is 0 Å². The molecule has 1 heterocycles. The summed E-state index contributed by atoms with van der Waals surface area (Å²) in [7, 11) is 0.